The molecule has 33 heavy (non-hydrogen) atoms. The molecule has 0 saturated carbocycles. The molecule has 4 aromatic carbocycles. The monoisotopic (exact) mass is 516 g/mol. The van der Waals surface area contributed by atoms with Crippen LogP contribution in [0.5, 0.6) is 11.5 Å². The molecule has 4 aromatic rings. The normalized spacial score (nSPS) is 11.6. The Hall–Kier alpha value is -2.36. The minimum atomic E-state index is -0.635. The van der Waals surface area contributed by atoms with E-state index in [1.165, 1.54) is 0 Å². The van der Waals surface area contributed by atoms with E-state index in [2.05, 4.69) is 13.8 Å². The molecule has 6 heteroatoms. The van der Waals surface area contributed by atoms with Crippen molar-refractivity contribution >= 4 is 46.4 Å². The minimum Gasteiger partial charge on any atom is -0.508 e. The quantitative estimate of drug-likeness (QED) is 0.283. The summed E-state index contributed by atoms with van der Waals surface area (Å²) in [5.41, 5.74) is 4.42. The number of halogens is 4. The molecule has 4 rings (SSSR count). The summed E-state index contributed by atoms with van der Waals surface area (Å²) in [5.74, 6) is 0.335. The molecule has 0 aliphatic rings. The maximum atomic E-state index is 9.77. The molecule has 0 aliphatic carbocycles. The molecule has 0 atom stereocenters. The van der Waals surface area contributed by atoms with Crippen LogP contribution in [0.15, 0.2) is 72.8 Å². The lowest BCUT2D eigenvalue weighted by atomic mass is 9.72. The average molecular weight is 518 g/mol. The first kappa shape index (κ1) is 23.8. The van der Waals surface area contributed by atoms with Crippen LogP contribution in [0.25, 0.3) is 22.3 Å². The highest BCUT2D eigenvalue weighted by Gasteiger charge is 2.32. The Morgan fingerprint density at radius 2 is 0.879 bits per heavy atom. The van der Waals surface area contributed by atoms with Gasteiger partial charge in [-0.15, -0.1) is 0 Å². The second kappa shape index (κ2) is 9.12. The summed E-state index contributed by atoms with van der Waals surface area (Å²) in [5, 5.41) is 21.5. The first-order chi connectivity index (χ1) is 15.6. The molecule has 0 spiro atoms. The van der Waals surface area contributed by atoms with Gasteiger partial charge in [0.2, 0.25) is 0 Å². The Balaban J connectivity index is 2.02. The van der Waals surface area contributed by atoms with Gasteiger partial charge < -0.3 is 10.2 Å². The maximum Gasteiger partial charge on any atom is 0.115 e. The van der Waals surface area contributed by atoms with Crippen molar-refractivity contribution in [2.45, 2.75) is 19.3 Å². The predicted octanol–water partition coefficient (Wildman–Crippen LogP) is 9.37. The molecule has 0 fully saturated rings. The van der Waals surface area contributed by atoms with Gasteiger partial charge in [-0.05, 0) is 70.8 Å². The highest BCUT2D eigenvalue weighted by atomic mass is 35.5. The van der Waals surface area contributed by atoms with Gasteiger partial charge in [-0.3, -0.25) is 0 Å². The summed E-state index contributed by atoms with van der Waals surface area (Å²) in [6, 6.07) is 20.9. The zero-order chi connectivity index (χ0) is 23.9. The third-order valence-corrected chi connectivity index (χ3v) is 6.80. The third kappa shape index (κ3) is 4.67. The maximum absolute atomic E-state index is 9.77. The Kier molecular flexibility index (Phi) is 6.57. The van der Waals surface area contributed by atoms with Gasteiger partial charge in [0.1, 0.15) is 11.5 Å². The smallest absolute Gasteiger partial charge is 0.115 e. The van der Waals surface area contributed by atoms with Crippen LogP contribution in [0.4, 0.5) is 0 Å². The zero-order valence-corrected chi connectivity index (χ0v) is 20.9. The van der Waals surface area contributed by atoms with Gasteiger partial charge in [0, 0.05) is 26.6 Å². The van der Waals surface area contributed by atoms with Crippen molar-refractivity contribution in [2.24, 2.45) is 0 Å². The van der Waals surface area contributed by atoms with E-state index in [0.29, 0.717) is 20.1 Å². The number of phenolic OH excluding ortho intramolecular Hbond substituents is 2. The lowest BCUT2D eigenvalue weighted by Gasteiger charge is -2.32. The van der Waals surface area contributed by atoms with Gasteiger partial charge in [-0.1, -0.05) is 84.5 Å². The lowest BCUT2D eigenvalue weighted by Crippen LogP contribution is -2.22. The topological polar surface area (TPSA) is 40.5 Å². The van der Waals surface area contributed by atoms with Gasteiger partial charge in [-0.25, -0.2) is 0 Å². The van der Waals surface area contributed by atoms with E-state index in [0.717, 1.165) is 33.4 Å². The van der Waals surface area contributed by atoms with E-state index in [1.807, 2.05) is 36.4 Å². The van der Waals surface area contributed by atoms with Crippen LogP contribution in [0.2, 0.25) is 20.1 Å². The van der Waals surface area contributed by atoms with Crippen molar-refractivity contribution in [3.63, 3.8) is 0 Å². The standard InChI is InChI=1S/C27H20Cl4O2/c1-27(2,21-11-17(28)13-23(30)25(21)15-3-7-19(32)8-4-15)22-12-18(29)14-24(31)26(22)16-5-9-20(33)10-6-16/h3-14,32-33H,1-2H3. The molecule has 0 aromatic heterocycles. The second-order valence-electron chi connectivity index (χ2n) is 8.34. The summed E-state index contributed by atoms with van der Waals surface area (Å²) < 4.78 is 0. The number of benzene rings is 4. The van der Waals surface area contributed by atoms with E-state index < -0.39 is 5.41 Å². The number of hydrogen-bond donors (Lipinski definition) is 2. The van der Waals surface area contributed by atoms with Gasteiger partial charge in [0.05, 0.1) is 10.0 Å². The Morgan fingerprint density at radius 3 is 1.21 bits per heavy atom. The Morgan fingerprint density at radius 1 is 0.545 bits per heavy atom. The first-order valence-corrected chi connectivity index (χ1v) is 11.7. The third-order valence-electron chi connectivity index (χ3n) is 5.77. The summed E-state index contributed by atoms with van der Waals surface area (Å²) in [4.78, 5) is 0. The fourth-order valence-electron chi connectivity index (χ4n) is 4.12. The summed E-state index contributed by atoms with van der Waals surface area (Å²) in [6.07, 6.45) is 0. The summed E-state index contributed by atoms with van der Waals surface area (Å²) >= 11 is 26.3. The molecule has 0 heterocycles. The summed E-state index contributed by atoms with van der Waals surface area (Å²) in [6.45, 7) is 4.12. The van der Waals surface area contributed by atoms with E-state index in [4.69, 9.17) is 46.4 Å². The van der Waals surface area contributed by atoms with Crippen molar-refractivity contribution < 1.29 is 10.2 Å². The second-order valence-corrected chi connectivity index (χ2v) is 10.0. The molecule has 168 valence electrons. The van der Waals surface area contributed by atoms with Crippen LogP contribution >= 0.6 is 46.4 Å². The first-order valence-electron chi connectivity index (χ1n) is 10.2. The van der Waals surface area contributed by atoms with Crippen LogP contribution in [-0.4, -0.2) is 10.2 Å². The number of hydrogen-bond acceptors (Lipinski definition) is 2. The Labute approximate surface area is 212 Å². The van der Waals surface area contributed by atoms with E-state index >= 15 is 0 Å². The SMILES string of the molecule is CC(C)(c1cc(Cl)cc(Cl)c1-c1ccc(O)cc1)c1cc(Cl)cc(Cl)c1-c1ccc(O)cc1. The van der Waals surface area contributed by atoms with Gasteiger partial charge in [-0.2, -0.15) is 0 Å². The van der Waals surface area contributed by atoms with Crippen molar-refractivity contribution in [2.75, 3.05) is 0 Å². The molecule has 2 N–H and O–H groups in total. The molecule has 0 radical (unpaired) electrons. The fourth-order valence-corrected chi connectivity index (χ4v) is 5.33. The highest BCUT2D eigenvalue weighted by Crippen LogP contribution is 2.48. The largest absolute Gasteiger partial charge is 0.508 e. The van der Waals surface area contributed by atoms with Crippen LogP contribution in [0.3, 0.4) is 0 Å². The van der Waals surface area contributed by atoms with Crippen LogP contribution in [0.1, 0.15) is 25.0 Å². The van der Waals surface area contributed by atoms with E-state index in [9.17, 15) is 10.2 Å². The molecule has 0 aliphatic heterocycles. The van der Waals surface area contributed by atoms with Crippen LogP contribution in [-0.2, 0) is 5.41 Å². The van der Waals surface area contributed by atoms with Crippen molar-refractivity contribution in [1.29, 1.82) is 0 Å². The lowest BCUT2D eigenvalue weighted by molar-refractivity contribution is 0.475. The summed E-state index contributed by atoms with van der Waals surface area (Å²) in [7, 11) is 0. The van der Waals surface area contributed by atoms with Crippen LogP contribution in [0, 0.1) is 0 Å². The minimum absolute atomic E-state index is 0.167. The molecular formula is C27H20Cl4O2. The molecule has 0 unspecified atom stereocenters. The van der Waals surface area contributed by atoms with E-state index in [-0.39, 0.29) is 11.5 Å². The van der Waals surface area contributed by atoms with Crippen molar-refractivity contribution in [3.8, 4) is 33.8 Å². The Bertz CT molecular complexity index is 1230. The number of aromatic hydroxyl groups is 2. The molecular weight excluding hydrogens is 498 g/mol. The van der Waals surface area contributed by atoms with Crippen molar-refractivity contribution in [3.05, 3.63) is 104 Å². The number of rotatable bonds is 4. The molecule has 0 saturated heterocycles. The van der Waals surface area contributed by atoms with Gasteiger partial charge >= 0.3 is 0 Å². The average Bonchev–Trinajstić information content (AvgIpc) is 2.74. The van der Waals surface area contributed by atoms with Gasteiger partial charge in [0.15, 0.2) is 0 Å². The predicted molar refractivity (Wildman–Crippen MR) is 139 cm³/mol. The molecule has 2 nitrogen and oxygen atoms in total. The zero-order valence-electron chi connectivity index (χ0n) is 17.8. The van der Waals surface area contributed by atoms with E-state index in [1.54, 1.807) is 36.4 Å². The van der Waals surface area contributed by atoms with Crippen LogP contribution < -0.4 is 0 Å². The van der Waals surface area contributed by atoms with Gasteiger partial charge in [0.25, 0.3) is 0 Å². The fraction of sp³-hybridized carbons (Fsp3) is 0.111. The molecule has 0 amide bonds. The molecule has 0 bridgehead atoms. The number of phenols is 2. The highest BCUT2D eigenvalue weighted by molar-refractivity contribution is 6.37. The van der Waals surface area contributed by atoms with Crippen molar-refractivity contribution in [1.82, 2.24) is 0 Å².